The van der Waals surface area contributed by atoms with Gasteiger partial charge in [0.15, 0.2) is 10.9 Å². The molecule has 34 heavy (non-hydrogen) atoms. The molecular weight excluding hydrogens is 482 g/mol. The Kier molecular flexibility index (Phi) is 5.20. The van der Waals surface area contributed by atoms with Gasteiger partial charge in [0.2, 0.25) is 0 Å². The highest BCUT2D eigenvalue weighted by atomic mass is 35.5. The molecule has 4 heterocycles. The van der Waals surface area contributed by atoms with Gasteiger partial charge in [-0.2, -0.15) is 9.97 Å². The number of nitrogens with one attached hydrogen (secondary N) is 1. The van der Waals surface area contributed by atoms with Gasteiger partial charge in [0, 0.05) is 41.7 Å². The number of aromatic nitrogens is 3. The first-order valence-corrected chi connectivity index (χ1v) is 12.2. The maximum absolute atomic E-state index is 16.2. The molecule has 2 atom stereocenters. The Morgan fingerprint density at radius 1 is 1.15 bits per heavy atom. The predicted octanol–water partition coefficient (Wildman–Crippen LogP) is 4.76. The van der Waals surface area contributed by atoms with Gasteiger partial charge in [-0.15, -0.1) is 0 Å². The second-order valence-electron chi connectivity index (χ2n) is 8.61. The lowest BCUT2D eigenvalue weighted by atomic mass is 9.91. The van der Waals surface area contributed by atoms with E-state index in [9.17, 15) is 4.39 Å². The number of piperazine rings is 1. The maximum Gasteiger partial charge on any atom is 0.318 e. The lowest BCUT2D eigenvalue weighted by Gasteiger charge is -2.47. The molecule has 2 aliphatic rings. The summed E-state index contributed by atoms with van der Waals surface area (Å²) >= 11 is 7.70. The number of benzene rings is 2. The predicted molar refractivity (Wildman–Crippen MR) is 131 cm³/mol. The summed E-state index contributed by atoms with van der Waals surface area (Å²) in [5, 5.41) is 4.35. The number of nitrogens with two attached hydrogens (primary N) is 1. The van der Waals surface area contributed by atoms with E-state index in [0.717, 1.165) is 43.7 Å². The molecule has 4 aromatic rings. The van der Waals surface area contributed by atoms with Gasteiger partial charge >= 0.3 is 6.01 Å². The molecule has 0 aliphatic carbocycles. The summed E-state index contributed by atoms with van der Waals surface area (Å²) in [5.74, 6) is -0.487. The van der Waals surface area contributed by atoms with E-state index in [2.05, 4.69) is 25.2 Å². The molecule has 3 N–H and O–H groups in total. The fraction of sp³-hybridized carbons (Fsp3) is 0.348. The van der Waals surface area contributed by atoms with Crippen molar-refractivity contribution in [2.75, 3.05) is 30.8 Å². The zero-order valence-electron chi connectivity index (χ0n) is 18.2. The molecule has 2 bridgehead atoms. The van der Waals surface area contributed by atoms with Gasteiger partial charge in [0.25, 0.3) is 0 Å². The van der Waals surface area contributed by atoms with Crippen molar-refractivity contribution in [2.24, 2.45) is 0 Å². The minimum absolute atomic E-state index is 0.0773. The fourth-order valence-corrected chi connectivity index (χ4v) is 6.28. The summed E-state index contributed by atoms with van der Waals surface area (Å²) in [6, 6.07) is 4.98. The summed E-state index contributed by atoms with van der Waals surface area (Å²) in [6.45, 7) is 1.66. The zero-order valence-corrected chi connectivity index (χ0v) is 19.8. The van der Waals surface area contributed by atoms with Gasteiger partial charge in [-0.25, -0.2) is 13.8 Å². The first-order chi connectivity index (χ1) is 16.5. The van der Waals surface area contributed by atoms with Crippen molar-refractivity contribution in [3.05, 3.63) is 34.9 Å². The standard InChI is InChI=1S/C23H21ClF2N6OS/c1-33-23-30-18-13(21(31-23)32-10-3-2-4-11(32)9-28-8-10)7-14(24)16(17(18)26)12-5-6-15(25)20-19(12)29-22(27)34-20/h5-7,10-11,28H,2-4,8-9H2,1H3,(H2,27,29). The number of piperidine rings is 1. The van der Waals surface area contributed by atoms with Crippen LogP contribution >= 0.6 is 22.9 Å². The molecule has 2 aromatic carbocycles. The second kappa shape index (κ2) is 8.14. The Balaban J connectivity index is 1.62. The van der Waals surface area contributed by atoms with E-state index in [1.54, 1.807) is 6.07 Å². The highest BCUT2D eigenvalue weighted by Crippen LogP contribution is 2.43. The van der Waals surface area contributed by atoms with Crippen LogP contribution in [0.25, 0.3) is 32.2 Å². The maximum atomic E-state index is 16.2. The molecule has 0 saturated carbocycles. The van der Waals surface area contributed by atoms with Gasteiger partial charge in [0.1, 0.15) is 17.2 Å². The van der Waals surface area contributed by atoms with Crippen LogP contribution < -0.4 is 20.7 Å². The third-order valence-corrected chi connectivity index (χ3v) is 7.86. The summed E-state index contributed by atoms with van der Waals surface area (Å²) in [6.07, 6.45) is 3.18. The summed E-state index contributed by atoms with van der Waals surface area (Å²) < 4.78 is 36.2. The Labute approximate surface area is 202 Å². The van der Waals surface area contributed by atoms with E-state index < -0.39 is 11.6 Å². The molecule has 0 radical (unpaired) electrons. The molecule has 0 spiro atoms. The topological polar surface area (TPSA) is 89.2 Å². The Morgan fingerprint density at radius 2 is 1.91 bits per heavy atom. The quantitative estimate of drug-likeness (QED) is 0.417. The van der Waals surface area contributed by atoms with Crippen molar-refractivity contribution in [1.82, 2.24) is 20.3 Å². The van der Waals surface area contributed by atoms with Crippen molar-refractivity contribution in [2.45, 2.75) is 31.3 Å². The monoisotopic (exact) mass is 502 g/mol. The second-order valence-corrected chi connectivity index (χ2v) is 10.0. The number of fused-ring (bicyclic) bond motifs is 4. The van der Waals surface area contributed by atoms with Crippen molar-refractivity contribution >= 4 is 55.0 Å². The van der Waals surface area contributed by atoms with Gasteiger partial charge in [-0.1, -0.05) is 22.9 Å². The number of anilines is 2. The van der Waals surface area contributed by atoms with Gasteiger partial charge < -0.3 is 20.7 Å². The minimum atomic E-state index is -0.635. The molecule has 2 aliphatic heterocycles. The molecule has 6 rings (SSSR count). The highest BCUT2D eigenvalue weighted by Gasteiger charge is 2.36. The summed E-state index contributed by atoms with van der Waals surface area (Å²) in [5.41, 5.74) is 6.63. The molecule has 11 heteroatoms. The van der Waals surface area contributed by atoms with Crippen molar-refractivity contribution in [1.29, 1.82) is 0 Å². The van der Waals surface area contributed by atoms with Gasteiger partial charge in [-0.3, -0.25) is 0 Å². The number of ether oxygens (including phenoxy) is 1. The van der Waals surface area contributed by atoms with Crippen LogP contribution in [0.3, 0.4) is 0 Å². The third kappa shape index (κ3) is 3.27. The third-order valence-electron chi connectivity index (χ3n) is 6.67. The van der Waals surface area contributed by atoms with E-state index in [1.807, 2.05) is 0 Å². The van der Waals surface area contributed by atoms with Crippen LogP contribution in [0.4, 0.5) is 19.7 Å². The summed E-state index contributed by atoms with van der Waals surface area (Å²) in [4.78, 5) is 15.5. The average Bonchev–Trinajstić information content (AvgIpc) is 3.22. The smallest absolute Gasteiger partial charge is 0.318 e. The minimum Gasteiger partial charge on any atom is -0.467 e. The van der Waals surface area contributed by atoms with E-state index in [1.165, 1.54) is 19.2 Å². The zero-order chi connectivity index (χ0) is 23.6. The number of rotatable bonds is 3. The van der Waals surface area contributed by atoms with E-state index in [-0.39, 0.29) is 49.5 Å². The molecule has 0 amide bonds. The van der Waals surface area contributed by atoms with Crippen LogP contribution in [0.2, 0.25) is 5.02 Å². The number of hydrogen-bond donors (Lipinski definition) is 2. The highest BCUT2D eigenvalue weighted by molar-refractivity contribution is 7.22. The molecule has 2 saturated heterocycles. The molecular formula is C23H21ClF2N6OS. The Morgan fingerprint density at radius 3 is 2.65 bits per heavy atom. The SMILES string of the molecule is COc1nc(N2C3CCCC2CNC3)c2cc(Cl)c(-c3ccc(F)c4sc(N)nc34)c(F)c2n1. The van der Waals surface area contributed by atoms with Gasteiger partial charge in [-0.05, 0) is 37.5 Å². The molecule has 176 valence electrons. The lowest BCUT2D eigenvalue weighted by molar-refractivity contribution is 0.309. The van der Waals surface area contributed by atoms with Crippen LogP contribution in [0, 0.1) is 11.6 Å². The lowest BCUT2D eigenvalue weighted by Crippen LogP contribution is -2.60. The molecule has 7 nitrogen and oxygen atoms in total. The number of thiazole rings is 1. The first-order valence-electron chi connectivity index (χ1n) is 11.0. The van der Waals surface area contributed by atoms with E-state index >= 15 is 4.39 Å². The van der Waals surface area contributed by atoms with Crippen LogP contribution in [0.5, 0.6) is 6.01 Å². The molecule has 2 aromatic heterocycles. The van der Waals surface area contributed by atoms with Crippen LogP contribution in [0.15, 0.2) is 18.2 Å². The van der Waals surface area contributed by atoms with E-state index in [4.69, 9.17) is 22.1 Å². The van der Waals surface area contributed by atoms with Crippen molar-refractivity contribution in [3.8, 4) is 17.1 Å². The van der Waals surface area contributed by atoms with Crippen molar-refractivity contribution in [3.63, 3.8) is 0 Å². The van der Waals surface area contributed by atoms with Crippen LogP contribution in [-0.4, -0.2) is 47.2 Å². The molecule has 2 unspecified atom stereocenters. The average molecular weight is 503 g/mol. The first kappa shape index (κ1) is 21.7. The normalized spacial score (nSPS) is 20.3. The number of halogens is 3. The fourth-order valence-electron chi connectivity index (χ4n) is 5.22. The van der Waals surface area contributed by atoms with Crippen LogP contribution in [0.1, 0.15) is 19.3 Å². The largest absolute Gasteiger partial charge is 0.467 e. The van der Waals surface area contributed by atoms with Crippen LogP contribution in [-0.2, 0) is 0 Å². The number of nitrogen functional groups attached to an aromatic ring is 1. The molecule has 2 fully saturated rings. The van der Waals surface area contributed by atoms with Crippen molar-refractivity contribution < 1.29 is 13.5 Å². The number of methoxy groups -OCH3 is 1. The Hall–Kier alpha value is -2.82. The summed E-state index contributed by atoms with van der Waals surface area (Å²) in [7, 11) is 1.46. The van der Waals surface area contributed by atoms with Gasteiger partial charge in [0.05, 0.1) is 22.3 Å². The number of nitrogens with zero attached hydrogens (tertiary/aromatic N) is 4. The van der Waals surface area contributed by atoms with E-state index in [0.29, 0.717) is 16.8 Å². The Bertz CT molecular complexity index is 1420. The number of hydrogen-bond acceptors (Lipinski definition) is 8.